The zero-order chi connectivity index (χ0) is 15.0. The van der Waals surface area contributed by atoms with Gasteiger partial charge in [-0.3, -0.25) is 0 Å². The van der Waals surface area contributed by atoms with E-state index in [1.54, 1.807) is 18.2 Å². The molecule has 0 amide bonds. The van der Waals surface area contributed by atoms with Crippen LogP contribution in [0.4, 0.5) is 13.2 Å². The van der Waals surface area contributed by atoms with Crippen LogP contribution in [0.25, 0.3) is 6.08 Å². The van der Waals surface area contributed by atoms with E-state index in [1.165, 1.54) is 0 Å². The van der Waals surface area contributed by atoms with Gasteiger partial charge in [0, 0.05) is 4.90 Å². The standard InChI is InChI=1S/C15H18ClF3S/c1-3-5-8-12-10-13-11(4-2)7-6-9-14(13)20(12,16)15(17,18)19/h6-7,9-10H,3-5,8H2,1-2H3. The van der Waals surface area contributed by atoms with Crippen molar-refractivity contribution >= 4 is 26.0 Å². The number of unbranched alkanes of at least 4 members (excludes halogenated alkanes) is 1. The number of rotatable bonds is 4. The van der Waals surface area contributed by atoms with Crippen molar-refractivity contribution in [1.82, 2.24) is 0 Å². The SMILES string of the molecule is CCCCC1=Cc2c(CC)cccc2S1(Cl)C(F)(F)F. The van der Waals surface area contributed by atoms with E-state index in [0.717, 1.165) is 18.4 Å². The van der Waals surface area contributed by atoms with Crippen molar-refractivity contribution in [3.8, 4) is 0 Å². The number of alkyl halides is 3. The second-order valence-corrected chi connectivity index (χ2v) is 8.77. The van der Waals surface area contributed by atoms with Gasteiger partial charge in [0.1, 0.15) is 0 Å². The summed E-state index contributed by atoms with van der Waals surface area (Å²) >= 11 is 0. The lowest BCUT2D eigenvalue weighted by Gasteiger charge is -2.34. The van der Waals surface area contributed by atoms with E-state index in [-0.39, 0.29) is 4.90 Å². The van der Waals surface area contributed by atoms with Crippen molar-refractivity contribution in [3.63, 3.8) is 0 Å². The molecule has 1 aromatic rings. The summed E-state index contributed by atoms with van der Waals surface area (Å²) in [6.07, 6.45) is 4.43. The first-order valence-electron chi connectivity index (χ1n) is 6.78. The van der Waals surface area contributed by atoms with Crippen molar-refractivity contribution in [3.05, 3.63) is 34.2 Å². The third-order valence-electron chi connectivity index (χ3n) is 3.60. The molecule has 1 aliphatic rings. The number of benzene rings is 1. The van der Waals surface area contributed by atoms with Crippen LogP contribution in [0.3, 0.4) is 0 Å². The maximum Gasteiger partial charge on any atom is 0.445 e. The highest BCUT2D eigenvalue weighted by Gasteiger charge is 2.55. The van der Waals surface area contributed by atoms with E-state index in [4.69, 9.17) is 10.7 Å². The number of hydrogen-bond donors (Lipinski definition) is 0. The Balaban J connectivity index is 2.58. The van der Waals surface area contributed by atoms with Crippen LogP contribution < -0.4 is 0 Å². The zero-order valence-electron chi connectivity index (χ0n) is 11.6. The van der Waals surface area contributed by atoms with Crippen molar-refractivity contribution in [2.45, 2.75) is 49.9 Å². The van der Waals surface area contributed by atoms with E-state index >= 15 is 0 Å². The number of fused-ring (bicyclic) bond motifs is 1. The molecule has 0 radical (unpaired) electrons. The van der Waals surface area contributed by atoms with E-state index in [2.05, 4.69) is 0 Å². The van der Waals surface area contributed by atoms with Gasteiger partial charge in [-0.2, -0.15) is 13.2 Å². The molecule has 0 N–H and O–H groups in total. The van der Waals surface area contributed by atoms with Crippen LogP contribution in [-0.4, -0.2) is 5.51 Å². The first kappa shape index (κ1) is 15.8. The van der Waals surface area contributed by atoms with Gasteiger partial charge >= 0.3 is 5.51 Å². The van der Waals surface area contributed by atoms with E-state index in [1.807, 2.05) is 19.9 Å². The molecule has 0 saturated heterocycles. The molecule has 0 fully saturated rings. The lowest BCUT2D eigenvalue weighted by atomic mass is 10.0. The summed E-state index contributed by atoms with van der Waals surface area (Å²) in [5.74, 6) is 0. The molecule has 20 heavy (non-hydrogen) atoms. The Hall–Kier alpha value is -0.610. The Bertz CT molecular complexity index is 536. The number of hydrogen-bond acceptors (Lipinski definition) is 0. The fourth-order valence-corrected chi connectivity index (χ4v) is 5.59. The summed E-state index contributed by atoms with van der Waals surface area (Å²) in [6, 6.07) is 5.11. The molecule has 0 aliphatic carbocycles. The predicted molar refractivity (Wildman–Crippen MR) is 81.1 cm³/mol. The van der Waals surface area contributed by atoms with Crippen LogP contribution >= 0.6 is 19.9 Å². The molecule has 5 heteroatoms. The molecule has 0 nitrogen and oxygen atoms in total. The summed E-state index contributed by atoms with van der Waals surface area (Å²) in [5, 5.41) is 0. The fraction of sp³-hybridized carbons (Fsp3) is 0.467. The van der Waals surface area contributed by atoms with Gasteiger partial charge in [0.25, 0.3) is 0 Å². The van der Waals surface area contributed by atoms with Crippen molar-refractivity contribution < 1.29 is 13.2 Å². The maximum atomic E-state index is 13.6. The Labute approximate surface area is 123 Å². The molecular formula is C15H18ClF3S. The highest BCUT2D eigenvalue weighted by atomic mass is 35.7. The average molecular weight is 323 g/mol. The van der Waals surface area contributed by atoms with Gasteiger partial charge in [-0.1, -0.05) is 32.4 Å². The van der Waals surface area contributed by atoms with Crippen LogP contribution in [0.5, 0.6) is 0 Å². The average Bonchev–Trinajstić information content (AvgIpc) is 2.70. The second-order valence-electron chi connectivity index (χ2n) is 4.88. The van der Waals surface area contributed by atoms with Crippen LogP contribution in [0.15, 0.2) is 28.0 Å². The summed E-state index contributed by atoms with van der Waals surface area (Å²) < 4.78 is 40.8. The highest BCUT2D eigenvalue weighted by Crippen LogP contribution is 2.80. The molecule has 0 saturated carbocycles. The van der Waals surface area contributed by atoms with Crippen LogP contribution in [-0.2, 0) is 6.42 Å². The second kappa shape index (κ2) is 5.64. The monoisotopic (exact) mass is 322 g/mol. The summed E-state index contributed by atoms with van der Waals surface area (Å²) in [4.78, 5) is 0.640. The Morgan fingerprint density at radius 1 is 1.20 bits per heavy atom. The molecule has 1 aromatic carbocycles. The zero-order valence-corrected chi connectivity index (χ0v) is 13.1. The van der Waals surface area contributed by atoms with Gasteiger partial charge in [-0.25, -0.2) is 0 Å². The first-order valence-corrected chi connectivity index (χ1v) is 9.24. The number of allylic oxidation sites excluding steroid dienone is 1. The van der Waals surface area contributed by atoms with E-state index < -0.39 is 14.7 Å². The highest BCUT2D eigenvalue weighted by molar-refractivity contribution is 8.54. The van der Waals surface area contributed by atoms with Crippen molar-refractivity contribution in [2.75, 3.05) is 0 Å². The molecular weight excluding hydrogens is 305 g/mol. The first-order chi connectivity index (χ1) is 9.36. The van der Waals surface area contributed by atoms with E-state index in [9.17, 15) is 13.2 Å². The molecule has 1 unspecified atom stereocenters. The van der Waals surface area contributed by atoms with Crippen molar-refractivity contribution in [1.29, 1.82) is 0 Å². The predicted octanol–water partition coefficient (Wildman–Crippen LogP) is 6.63. The lowest BCUT2D eigenvalue weighted by molar-refractivity contribution is -0.0359. The minimum absolute atomic E-state index is 0.275. The molecule has 0 aromatic heterocycles. The minimum atomic E-state index is -4.40. The van der Waals surface area contributed by atoms with Gasteiger partial charge in [0.2, 0.25) is 0 Å². The van der Waals surface area contributed by atoms with Crippen LogP contribution in [0.1, 0.15) is 44.2 Å². The maximum absolute atomic E-state index is 13.6. The topological polar surface area (TPSA) is 0 Å². The molecule has 0 spiro atoms. The number of aryl methyl sites for hydroxylation is 1. The van der Waals surface area contributed by atoms with Crippen LogP contribution in [0, 0.1) is 0 Å². The fourth-order valence-electron chi connectivity index (χ4n) is 2.53. The van der Waals surface area contributed by atoms with Gasteiger partial charge in [-0.15, -0.1) is 0 Å². The Morgan fingerprint density at radius 2 is 1.90 bits per heavy atom. The van der Waals surface area contributed by atoms with Gasteiger partial charge < -0.3 is 0 Å². The molecule has 1 heterocycles. The van der Waals surface area contributed by atoms with E-state index in [0.29, 0.717) is 23.3 Å². The largest absolute Gasteiger partial charge is 0.445 e. The third kappa shape index (κ3) is 2.37. The third-order valence-corrected chi connectivity index (χ3v) is 7.87. The molecule has 2 rings (SSSR count). The summed E-state index contributed by atoms with van der Waals surface area (Å²) in [5.41, 5.74) is -2.76. The van der Waals surface area contributed by atoms with Gasteiger partial charge in [-0.05, 0) is 67.4 Å². The minimum Gasteiger partial charge on any atom is -0.160 e. The smallest absolute Gasteiger partial charge is 0.160 e. The van der Waals surface area contributed by atoms with Crippen molar-refractivity contribution in [2.24, 2.45) is 0 Å². The molecule has 1 aliphatic heterocycles. The summed E-state index contributed by atoms with van der Waals surface area (Å²) in [6.45, 7) is 3.92. The molecule has 0 bridgehead atoms. The van der Waals surface area contributed by atoms with Crippen LogP contribution in [0.2, 0.25) is 0 Å². The lowest BCUT2D eigenvalue weighted by Crippen LogP contribution is -2.16. The molecule has 1 atom stereocenters. The Morgan fingerprint density at radius 3 is 2.45 bits per heavy atom. The summed E-state index contributed by atoms with van der Waals surface area (Å²) in [7, 11) is 2.81. The quantitative estimate of drug-likeness (QED) is 0.583. The van der Waals surface area contributed by atoms with Gasteiger partial charge in [0.15, 0.2) is 0 Å². The van der Waals surface area contributed by atoms with Gasteiger partial charge in [0.05, 0.1) is 0 Å². The molecule has 112 valence electrons. The Kier molecular flexibility index (Phi) is 4.45. The number of halogens is 4. The normalized spacial score (nSPS) is 25.0.